The second-order valence-corrected chi connectivity index (χ2v) is 6.75. The molecule has 110 valence electrons. The Labute approximate surface area is 118 Å². The highest BCUT2D eigenvalue weighted by atomic mass is 32.2. The number of hydrogen-bond acceptors (Lipinski definition) is 4. The number of nitrogen functional groups attached to an aromatic ring is 1. The molecule has 5 N–H and O–H groups in total. The summed E-state index contributed by atoms with van der Waals surface area (Å²) in [6, 6.07) is 4.68. The largest absolute Gasteiger partial charge is 0.399 e. The van der Waals surface area contributed by atoms with Gasteiger partial charge >= 0.3 is 0 Å². The van der Waals surface area contributed by atoms with Gasteiger partial charge in [0, 0.05) is 28.8 Å². The Morgan fingerprint density at radius 3 is 2.75 bits per heavy atom. The van der Waals surface area contributed by atoms with Crippen LogP contribution in [0, 0.1) is 0 Å². The standard InChI is InChI=1S/C13H19N3O3S/c1-8(5-9(2)17)16-20(18,19)13-7-15-12-6-10(14)3-4-11(12)13/h3-4,6-9,15-17H,5,14H2,1-2H3. The second-order valence-electron chi connectivity index (χ2n) is 5.07. The molecule has 1 aromatic carbocycles. The first-order valence-corrected chi connectivity index (χ1v) is 7.85. The Kier molecular flexibility index (Phi) is 4.03. The average molecular weight is 297 g/mol. The molecule has 2 aromatic rings. The van der Waals surface area contributed by atoms with E-state index in [1.807, 2.05) is 0 Å². The van der Waals surface area contributed by atoms with E-state index < -0.39 is 16.1 Å². The van der Waals surface area contributed by atoms with E-state index in [-0.39, 0.29) is 10.9 Å². The van der Waals surface area contributed by atoms with Gasteiger partial charge in [-0.25, -0.2) is 13.1 Å². The van der Waals surface area contributed by atoms with Crippen molar-refractivity contribution >= 4 is 26.6 Å². The van der Waals surface area contributed by atoms with Crippen molar-refractivity contribution in [3.05, 3.63) is 24.4 Å². The molecule has 0 spiro atoms. The fourth-order valence-corrected chi connectivity index (χ4v) is 3.66. The van der Waals surface area contributed by atoms with Gasteiger partial charge in [0.25, 0.3) is 0 Å². The van der Waals surface area contributed by atoms with Crippen molar-refractivity contribution in [2.24, 2.45) is 0 Å². The van der Waals surface area contributed by atoms with Crippen LogP contribution in [-0.2, 0) is 10.0 Å². The van der Waals surface area contributed by atoms with Crippen LogP contribution in [0.15, 0.2) is 29.3 Å². The Morgan fingerprint density at radius 1 is 1.40 bits per heavy atom. The molecular weight excluding hydrogens is 278 g/mol. The van der Waals surface area contributed by atoms with Gasteiger partial charge in [-0.3, -0.25) is 0 Å². The van der Waals surface area contributed by atoms with Crippen LogP contribution in [-0.4, -0.2) is 30.7 Å². The first-order chi connectivity index (χ1) is 9.29. The van der Waals surface area contributed by atoms with Crippen molar-refractivity contribution in [1.82, 2.24) is 9.71 Å². The summed E-state index contributed by atoms with van der Waals surface area (Å²) in [5.74, 6) is 0. The van der Waals surface area contributed by atoms with Gasteiger partial charge < -0.3 is 15.8 Å². The van der Waals surface area contributed by atoms with Crippen LogP contribution in [0.4, 0.5) is 5.69 Å². The molecule has 2 rings (SSSR count). The van der Waals surface area contributed by atoms with Crippen LogP contribution in [0.2, 0.25) is 0 Å². The lowest BCUT2D eigenvalue weighted by Crippen LogP contribution is -2.34. The van der Waals surface area contributed by atoms with Crippen molar-refractivity contribution in [2.75, 3.05) is 5.73 Å². The van der Waals surface area contributed by atoms with Crippen molar-refractivity contribution in [2.45, 2.75) is 37.3 Å². The summed E-state index contributed by atoms with van der Waals surface area (Å²) in [5.41, 5.74) is 6.91. The van der Waals surface area contributed by atoms with Crippen molar-refractivity contribution < 1.29 is 13.5 Å². The van der Waals surface area contributed by atoms with Gasteiger partial charge in [-0.15, -0.1) is 0 Å². The number of anilines is 1. The van der Waals surface area contributed by atoms with Gasteiger partial charge in [-0.2, -0.15) is 0 Å². The predicted molar refractivity (Wildman–Crippen MR) is 78.8 cm³/mol. The minimum Gasteiger partial charge on any atom is -0.399 e. The number of benzene rings is 1. The van der Waals surface area contributed by atoms with Crippen molar-refractivity contribution in [3.63, 3.8) is 0 Å². The zero-order valence-electron chi connectivity index (χ0n) is 11.4. The van der Waals surface area contributed by atoms with E-state index in [0.29, 0.717) is 23.0 Å². The highest BCUT2D eigenvalue weighted by Gasteiger charge is 2.21. The summed E-state index contributed by atoms with van der Waals surface area (Å²) in [7, 11) is -3.63. The van der Waals surface area contributed by atoms with E-state index in [9.17, 15) is 13.5 Å². The minimum absolute atomic E-state index is 0.185. The molecule has 0 amide bonds. The van der Waals surface area contributed by atoms with Gasteiger partial charge in [0.15, 0.2) is 0 Å². The molecule has 0 bridgehead atoms. The summed E-state index contributed by atoms with van der Waals surface area (Å²) >= 11 is 0. The fourth-order valence-electron chi connectivity index (χ4n) is 2.23. The number of aliphatic hydroxyl groups is 1. The number of fused-ring (bicyclic) bond motifs is 1. The van der Waals surface area contributed by atoms with E-state index in [1.54, 1.807) is 32.0 Å². The maximum absolute atomic E-state index is 12.3. The Bertz CT molecular complexity index is 707. The van der Waals surface area contributed by atoms with Gasteiger partial charge in [0.1, 0.15) is 4.90 Å². The third kappa shape index (κ3) is 3.12. The summed E-state index contributed by atoms with van der Waals surface area (Å²) in [6.07, 6.45) is 1.24. The zero-order valence-corrected chi connectivity index (χ0v) is 12.2. The lowest BCUT2D eigenvalue weighted by atomic mass is 10.2. The third-order valence-electron chi connectivity index (χ3n) is 3.01. The third-order valence-corrected chi connectivity index (χ3v) is 4.64. The molecule has 0 saturated carbocycles. The summed E-state index contributed by atoms with van der Waals surface area (Å²) in [4.78, 5) is 3.09. The predicted octanol–water partition coefficient (Wildman–Crippen LogP) is 1.19. The van der Waals surface area contributed by atoms with Crippen LogP contribution in [0.5, 0.6) is 0 Å². The molecule has 7 heteroatoms. The molecule has 0 aliphatic heterocycles. The Hall–Kier alpha value is -1.57. The molecule has 20 heavy (non-hydrogen) atoms. The van der Waals surface area contributed by atoms with E-state index in [2.05, 4.69) is 9.71 Å². The van der Waals surface area contributed by atoms with Gasteiger partial charge in [-0.05, 0) is 38.5 Å². The zero-order chi connectivity index (χ0) is 14.9. The molecular formula is C13H19N3O3S. The lowest BCUT2D eigenvalue weighted by molar-refractivity contribution is 0.175. The summed E-state index contributed by atoms with van der Waals surface area (Å²) < 4.78 is 27.2. The Morgan fingerprint density at radius 2 is 2.10 bits per heavy atom. The van der Waals surface area contributed by atoms with Crippen LogP contribution < -0.4 is 10.5 Å². The molecule has 2 unspecified atom stereocenters. The normalized spacial score (nSPS) is 15.3. The molecule has 0 aliphatic carbocycles. The smallest absolute Gasteiger partial charge is 0.242 e. The van der Waals surface area contributed by atoms with E-state index >= 15 is 0 Å². The number of aromatic amines is 1. The number of nitrogens with two attached hydrogens (primary N) is 1. The highest BCUT2D eigenvalue weighted by molar-refractivity contribution is 7.89. The quantitative estimate of drug-likeness (QED) is 0.621. The SMILES string of the molecule is CC(O)CC(C)NS(=O)(=O)c1c[nH]c2cc(N)ccc12. The minimum atomic E-state index is -3.63. The number of nitrogens with one attached hydrogen (secondary N) is 2. The van der Waals surface area contributed by atoms with E-state index in [0.717, 1.165) is 0 Å². The van der Waals surface area contributed by atoms with Crippen molar-refractivity contribution in [1.29, 1.82) is 0 Å². The molecule has 0 saturated heterocycles. The number of rotatable bonds is 5. The topological polar surface area (TPSA) is 108 Å². The van der Waals surface area contributed by atoms with Gasteiger partial charge in [0.2, 0.25) is 10.0 Å². The van der Waals surface area contributed by atoms with E-state index in [1.165, 1.54) is 6.20 Å². The first-order valence-electron chi connectivity index (χ1n) is 6.36. The van der Waals surface area contributed by atoms with Gasteiger partial charge in [0.05, 0.1) is 6.10 Å². The molecule has 1 aromatic heterocycles. The molecule has 2 atom stereocenters. The monoisotopic (exact) mass is 297 g/mol. The maximum atomic E-state index is 12.3. The molecule has 0 fully saturated rings. The van der Waals surface area contributed by atoms with Gasteiger partial charge in [-0.1, -0.05) is 0 Å². The molecule has 1 heterocycles. The summed E-state index contributed by atoms with van der Waals surface area (Å²) in [5, 5.41) is 9.89. The van der Waals surface area contributed by atoms with Crippen LogP contribution in [0.25, 0.3) is 10.9 Å². The molecule has 0 aliphatic rings. The number of H-pyrrole nitrogens is 1. The maximum Gasteiger partial charge on any atom is 0.242 e. The fraction of sp³-hybridized carbons (Fsp3) is 0.385. The summed E-state index contributed by atoms with van der Waals surface area (Å²) in [6.45, 7) is 3.34. The lowest BCUT2D eigenvalue weighted by Gasteiger charge is -2.15. The van der Waals surface area contributed by atoms with Crippen LogP contribution in [0.3, 0.4) is 0 Å². The van der Waals surface area contributed by atoms with Crippen LogP contribution in [0.1, 0.15) is 20.3 Å². The highest BCUT2D eigenvalue weighted by Crippen LogP contribution is 2.24. The average Bonchev–Trinajstić information content (AvgIpc) is 2.70. The number of aliphatic hydroxyl groups excluding tert-OH is 1. The first kappa shape index (κ1) is 14.8. The van der Waals surface area contributed by atoms with Crippen LogP contribution >= 0.6 is 0 Å². The number of sulfonamides is 1. The number of aromatic nitrogens is 1. The van der Waals surface area contributed by atoms with Crippen molar-refractivity contribution in [3.8, 4) is 0 Å². The Balaban J connectivity index is 2.32. The molecule has 6 nitrogen and oxygen atoms in total. The number of hydrogen-bond donors (Lipinski definition) is 4. The second kappa shape index (κ2) is 5.43. The molecule has 0 radical (unpaired) electrons. The van der Waals surface area contributed by atoms with E-state index in [4.69, 9.17) is 5.73 Å².